The van der Waals surface area contributed by atoms with Crippen molar-refractivity contribution in [3.8, 4) is 0 Å². The fourth-order valence-electron chi connectivity index (χ4n) is 3.82. The molecule has 0 aromatic heterocycles. The molecule has 7 nitrogen and oxygen atoms in total. The molecule has 0 aliphatic heterocycles. The highest BCUT2D eigenvalue weighted by Gasteiger charge is 2.27. The number of benzene rings is 2. The number of sulfonamides is 1. The third-order valence-corrected chi connectivity index (χ3v) is 7.54. The maximum atomic E-state index is 13.3. The first kappa shape index (κ1) is 28.4. The fourth-order valence-corrected chi connectivity index (χ4v) is 4.83. The molecule has 2 amide bonds. The normalized spacial score (nSPS) is 13.1. The molecular weight excluding hydrogens is 462 g/mol. The van der Waals surface area contributed by atoms with Gasteiger partial charge in [0.05, 0.1) is 11.9 Å². The van der Waals surface area contributed by atoms with Crippen LogP contribution < -0.4 is 9.62 Å². The van der Waals surface area contributed by atoms with Gasteiger partial charge in [0.2, 0.25) is 21.8 Å². The number of rotatable bonds is 12. The van der Waals surface area contributed by atoms with Gasteiger partial charge in [-0.3, -0.25) is 13.9 Å². The molecule has 0 spiro atoms. The van der Waals surface area contributed by atoms with Crippen molar-refractivity contribution in [3.05, 3.63) is 65.2 Å². The van der Waals surface area contributed by atoms with E-state index in [4.69, 9.17) is 0 Å². The Bertz CT molecular complexity index is 1100. The Hall–Kier alpha value is -2.87. The Morgan fingerprint density at radius 1 is 1.00 bits per heavy atom. The van der Waals surface area contributed by atoms with Crippen LogP contribution in [-0.4, -0.2) is 50.0 Å². The van der Waals surface area contributed by atoms with Crippen LogP contribution in [0.4, 0.5) is 5.69 Å². The number of hydrogen-bond donors (Lipinski definition) is 1. The Morgan fingerprint density at radius 2 is 1.66 bits per heavy atom. The highest BCUT2D eigenvalue weighted by Crippen LogP contribution is 2.25. The minimum Gasteiger partial charge on any atom is -0.352 e. The summed E-state index contributed by atoms with van der Waals surface area (Å²) in [5, 5.41) is 2.96. The van der Waals surface area contributed by atoms with Gasteiger partial charge >= 0.3 is 0 Å². The van der Waals surface area contributed by atoms with Crippen molar-refractivity contribution < 1.29 is 18.0 Å². The zero-order chi connectivity index (χ0) is 26.2. The molecule has 2 atom stereocenters. The lowest BCUT2D eigenvalue weighted by atomic mass is 10.1. The van der Waals surface area contributed by atoms with E-state index in [1.807, 2.05) is 70.2 Å². The molecule has 0 saturated carbocycles. The molecule has 0 radical (unpaired) electrons. The first-order chi connectivity index (χ1) is 16.5. The van der Waals surface area contributed by atoms with Crippen molar-refractivity contribution in [1.82, 2.24) is 10.2 Å². The molecule has 0 aliphatic rings. The van der Waals surface area contributed by atoms with Crippen LogP contribution in [0.15, 0.2) is 48.5 Å². The van der Waals surface area contributed by atoms with E-state index in [0.717, 1.165) is 23.1 Å². The van der Waals surface area contributed by atoms with Gasteiger partial charge in [0.15, 0.2) is 0 Å². The van der Waals surface area contributed by atoms with Crippen molar-refractivity contribution >= 4 is 27.5 Å². The van der Waals surface area contributed by atoms with Crippen LogP contribution in [0, 0.1) is 13.8 Å². The predicted molar refractivity (Wildman–Crippen MR) is 142 cm³/mol. The van der Waals surface area contributed by atoms with Gasteiger partial charge < -0.3 is 10.2 Å². The van der Waals surface area contributed by atoms with Gasteiger partial charge in [-0.15, -0.1) is 0 Å². The van der Waals surface area contributed by atoms with E-state index in [2.05, 4.69) is 5.32 Å². The maximum absolute atomic E-state index is 13.3. The largest absolute Gasteiger partial charge is 0.352 e. The van der Waals surface area contributed by atoms with Crippen molar-refractivity contribution in [3.63, 3.8) is 0 Å². The Balaban J connectivity index is 2.18. The number of aryl methyl sites for hydroxylation is 1. The van der Waals surface area contributed by atoms with Gasteiger partial charge in [0, 0.05) is 25.6 Å². The molecule has 8 heteroatoms. The number of nitrogens with zero attached hydrogens (tertiary/aromatic N) is 2. The molecule has 0 fully saturated rings. The van der Waals surface area contributed by atoms with Crippen LogP contribution in [0.3, 0.4) is 0 Å². The number of anilines is 1. The van der Waals surface area contributed by atoms with Crippen LogP contribution >= 0.6 is 0 Å². The summed E-state index contributed by atoms with van der Waals surface area (Å²) in [7, 11) is -3.53. The standard InChI is InChI=1S/C27H39N3O4S/c1-7-21(3)28-27(32)23(5)29(19-24-14-9-8-10-15-24)26(31)17-12-18-30(35(6,33)34)25-16-11-13-20(2)22(25)4/h8-11,13-16,21,23H,7,12,17-19H2,1-6H3,(H,28,32)/t21-,23+/m1/s1. The summed E-state index contributed by atoms with van der Waals surface area (Å²) in [6, 6.07) is 14.5. The SMILES string of the molecule is CC[C@@H](C)NC(=O)[C@H](C)N(Cc1ccccc1)C(=O)CCCN(c1cccc(C)c1C)S(C)(=O)=O. The average Bonchev–Trinajstić information content (AvgIpc) is 2.81. The van der Waals surface area contributed by atoms with Gasteiger partial charge in [0.1, 0.15) is 6.04 Å². The number of amides is 2. The highest BCUT2D eigenvalue weighted by atomic mass is 32.2. The summed E-state index contributed by atoms with van der Waals surface area (Å²) in [6.07, 6.45) is 2.44. The van der Waals surface area contributed by atoms with E-state index in [9.17, 15) is 18.0 Å². The maximum Gasteiger partial charge on any atom is 0.242 e. The van der Waals surface area contributed by atoms with Gasteiger partial charge in [-0.25, -0.2) is 8.42 Å². The third kappa shape index (κ3) is 8.09. The van der Waals surface area contributed by atoms with Crippen LogP contribution in [-0.2, 0) is 26.2 Å². The number of carbonyl (C=O) groups is 2. The molecule has 0 bridgehead atoms. The van der Waals surface area contributed by atoms with Crippen LogP contribution in [0.5, 0.6) is 0 Å². The molecule has 192 valence electrons. The third-order valence-electron chi connectivity index (χ3n) is 6.36. The van der Waals surface area contributed by atoms with Crippen LogP contribution in [0.1, 0.15) is 56.7 Å². The van der Waals surface area contributed by atoms with Crippen molar-refractivity contribution in [2.24, 2.45) is 0 Å². The first-order valence-corrected chi connectivity index (χ1v) is 14.0. The van der Waals surface area contributed by atoms with E-state index in [0.29, 0.717) is 18.7 Å². The van der Waals surface area contributed by atoms with Crippen LogP contribution in [0.25, 0.3) is 0 Å². The molecule has 2 rings (SSSR count). The lowest BCUT2D eigenvalue weighted by Crippen LogP contribution is -2.49. The molecule has 0 heterocycles. The summed E-state index contributed by atoms with van der Waals surface area (Å²) in [5.74, 6) is -0.383. The smallest absolute Gasteiger partial charge is 0.242 e. The molecular formula is C27H39N3O4S. The van der Waals surface area contributed by atoms with E-state index in [-0.39, 0.29) is 30.8 Å². The molecule has 2 aromatic carbocycles. The van der Waals surface area contributed by atoms with Gasteiger partial charge in [-0.05, 0) is 63.3 Å². The topological polar surface area (TPSA) is 86.8 Å². The lowest BCUT2D eigenvalue weighted by molar-refractivity contribution is -0.140. The number of hydrogen-bond acceptors (Lipinski definition) is 4. The molecule has 2 aromatic rings. The summed E-state index contributed by atoms with van der Waals surface area (Å²) in [5.41, 5.74) is 3.45. The minimum atomic E-state index is -3.53. The second kappa shape index (κ2) is 12.7. The monoisotopic (exact) mass is 501 g/mol. The van der Waals surface area contributed by atoms with E-state index in [1.165, 1.54) is 10.6 Å². The van der Waals surface area contributed by atoms with Gasteiger partial charge in [-0.1, -0.05) is 49.4 Å². The van der Waals surface area contributed by atoms with Crippen molar-refractivity contribution in [2.75, 3.05) is 17.1 Å². The minimum absolute atomic E-state index is 0.0134. The second-order valence-corrected chi connectivity index (χ2v) is 11.1. The van der Waals surface area contributed by atoms with E-state index in [1.54, 1.807) is 17.9 Å². The molecule has 35 heavy (non-hydrogen) atoms. The zero-order valence-electron chi connectivity index (χ0n) is 21.7. The Morgan fingerprint density at radius 3 is 2.26 bits per heavy atom. The quantitative estimate of drug-likeness (QED) is 0.473. The van der Waals surface area contributed by atoms with Gasteiger partial charge in [0.25, 0.3) is 0 Å². The molecule has 0 aliphatic carbocycles. The molecule has 0 unspecified atom stereocenters. The fraction of sp³-hybridized carbons (Fsp3) is 0.481. The second-order valence-electron chi connectivity index (χ2n) is 9.16. The molecule has 1 N–H and O–H groups in total. The number of nitrogens with one attached hydrogen (secondary N) is 1. The summed E-state index contributed by atoms with van der Waals surface area (Å²) >= 11 is 0. The lowest BCUT2D eigenvalue weighted by Gasteiger charge is -2.30. The van der Waals surface area contributed by atoms with E-state index >= 15 is 0 Å². The highest BCUT2D eigenvalue weighted by molar-refractivity contribution is 7.92. The Kier molecular flexibility index (Phi) is 10.3. The summed E-state index contributed by atoms with van der Waals surface area (Å²) in [6.45, 7) is 9.98. The predicted octanol–water partition coefficient (Wildman–Crippen LogP) is 4.18. The van der Waals surface area contributed by atoms with Crippen LogP contribution in [0.2, 0.25) is 0 Å². The zero-order valence-corrected chi connectivity index (χ0v) is 22.6. The Labute approximate surface area is 210 Å². The van der Waals surface area contributed by atoms with Crippen molar-refractivity contribution in [1.29, 1.82) is 0 Å². The average molecular weight is 502 g/mol. The van der Waals surface area contributed by atoms with Crippen molar-refractivity contribution in [2.45, 2.75) is 72.5 Å². The molecule has 0 saturated heterocycles. The number of carbonyl (C=O) groups excluding carboxylic acids is 2. The summed E-state index contributed by atoms with van der Waals surface area (Å²) in [4.78, 5) is 27.7. The first-order valence-electron chi connectivity index (χ1n) is 12.1. The summed E-state index contributed by atoms with van der Waals surface area (Å²) < 4.78 is 26.5. The van der Waals surface area contributed by atoms with E-state index < -0.39 is 16.1 Å². The van der Waals surface area contributed by atoms with Gasteiger partial charge in [-0.2, -0.15) is 0 Å².